The van der Waals surface area contributed by atoms with Gasteiger partial charge >= 0.3 is 7.12 Å². The molecule has 0 spiro atoms. The first-order chi connectivity index (χ1) is 13.7. The molecule has 0 radical (unpaired) electrons. The number of hydrogen-bond donors (Lipinski definition) is 1. The highest BCUT2D eigenvalue weighted by atomic mass is 16.7. The minimum absolute atomic E-state index is 0.0429. The van der Waals surface area contributed by atoms with Gasteiger partial charge < -0.3 is 24.3 Å². The van der Waals surface area contributed by atoms with Crippen LogP contribution in [-0.2, 0) is 18.8 Å². The molecule has 162 valence electrons. The molecule has 2 heterocycles. The van der Waals surface area contributed by atoms with Crippen LogP contribution in [0.25, 0.3) is 0 Å². The van der Waals surface area contributed by atoms with Gasteiger partial charge in [0.25, 0.3) is 0 Å². The van der Waals surface area contributed by atoms with Gasteiger partial charge in [-0.3, -0.25) is 4.79 Å². The number of carbonyl (C=O) groups excluding carboxylic acids is 1. The van der Waals surface area contributed by atoms with Crippen molar-refractivity contribution < 1.29 is 18.8 Å². The topological polar surface area (TPSA) is 60.0 Å². The van der Waals surface area contributed by atoms with E-state index < -0.39 is 0 Å². The Labute approximate surface area is 176 Å². The molecule has 1 aromatic rings. The highest BCUT2D eigenvalue weighted by molar-refractivity contribution is 6.62. The Morgan fingerprint density at radius 1 is 1.17 bits per heavy atom. The number of rotatable bonds is 5. The van der Waals surface area contributed by atoms with Crippen molar-refractivity contribution in [2.75, 3.05) is 31.7 Å². The number of hydrogen-bond acceptors (Lipinski definition) is 5. The van der Waals surface area contributed by atoms with Crippen LogP contribution in [0.4, 0.5) is 5.69 Å². The van der Waals surface area contributed by atoms with Crippen molar-refractivity contribution in [1.82, 2.24) is 5.32 Å². The molecule has 0 bridgehead atoms. The second-order valence-electron chi connectivity index (χ2n) is 8.45. The summed E-state index contributed by atoms with van der Waals surface area (Å²) in [5, 5.41) is 3.04. The number of amides is 1. The van der Waals surface area contributed by atoms with Crippen LogP contribution in [0, 0.1) is 0 Å². The lowest BCUT2D eigenvalue weighted by Gasteiger charge is -2.34. The average Bonchev–Trinajstić information content (AvgIpc) is 2.92. The lowest BCUT2D eigenvalue weighted by molar-refractivity contribution is -0.125. The van der Waals surface area contributed by atoms with Crippen LogP contribution in [0.3, 0.4) is 0 Å². The molecule has 3 rings (SSSR count). The van der Waals surface area contributed by atoms with E-state index in [4.69, 9.17) is 14.0 Å². The van der Waals surface area contributed by atoms with Gasteiger partial charge in [0.1, 0.15) is 6.61 Å². The van der Waals surface area contributed by atoms with E-state index in [1.54, 1.807) is 0 Å². The van der Waals surface area contributed by atoms with Crippen molar-refractivity contribution in [3.63, 3.8) is 0 Å². The standard InChI is InChI=1S/C20H31BN2O4.C2H6/c1-19(2)20(3,4)27-21(26-19)15-7-6-8-17(13-15)23-11-9-16(10-12-23)22-18(24)14-25-5;1-2/h6-8,13,16H,9-12,14H2,1-5H3,(H,22,24);1-2H3. The average molecular weight is 404 g/mol. The van der Waals surface area contributed by atoms with Gasteiger partial charge in [0.05, 0.1) is 11.2 Å². The second kappa shape index (κ2) is 9.96. The quantitative estimate of drug-likeness (QED) is 0.765. The van der Waals surface area contributed by atoms with E-state index in [1.807, 2.05) is 13.8 Å². The first kappa shape index (κ1) is 23.7. The van der Waals surface area contributed by atoms with Crippen molar-refractivity contribution in [3.05, 3.63) is 24.3 Å². The minimum Gasteiger partial charge on any atom is -0.399 e. The molecule has 1 aromatic carbocycles. The van der Waals surface area contributed by atoms with E-state index in [9.17, 15) is 4.79 Å². The summed E-state index contributed by atoms with van der Waals surface area (Å²) in [6.45, 7) is 14.2. The highest BCUT2D eigenvalue weighted by Crippen LogP contribution is 2.36. The van der Waals surface area contributed by atoms with Gasteiger partial charge in [-0.25, -0.2) is 0 Å². The van der Waals surface area contributed by atoms with Crippen LogP contribution in [0.1, 0.15) is 54.4 Å². The number of methoxy groups -OCH3 is 1. The molecule has 0 aromatic heterocycles. The smallest absolute Gasteiger partial charge is 0.399 e. The molecule has 29 heavy (non-hydrogen) atoms. The van der Waals surface area contributed by atoms with E-state index in [-0.39, 0.29) is 36.9 Å². The maximum Gasteiger partial charge on any atom is 0.494 e. The SMILES string of the molecule is CC.COCC(=O)NC1CCN(c2cccc(B3OC(C)(C)C(C)(C)O3)c2)CC1. The van der Waals surface area contributed by atoms with Gasteiger partial charge in [0, 0.05) is 31.9 Å². The Morgan fingerprint density at radius 2 is 1.76 bits per heavy atom. The van der Waals surface area contributed by atoms with E-state index in [1.165, 1.54) is 12.8 Å². The third-order valence-electron chi connectivity index (χ3n) is 5.90. The van der Waals surface area contributed by atoms with Crippen LogP contribution in [-0.4, -0.2) is 57.1 Å². The van der Waals surface area contributed by atoms with Crippen molar-refractivity contribution in [2.24, 2.45) is 0 Å². The Balaban J connectivity index is 0.00000145. The normalized spacial score (nSPS) is 20.8. The Morgan fingerprint density at radius 3 is 2.31 bits per heavy atom. The summed E-state index contributed by atoms with van der Waals surface area (Å²) < 4.78 is 17.2. The van der Waals surface area contributed by atoms with Crippen LogP contribution in [0.2, 0.25) is 0 Å². The fraction of sp³-hybridized carbons (Fsp3) is 0.682. The number of nitrogens with zero attached hydrogens (tertiary/aromatic N) is 1. The first-order valence-corrected chi connectivity index (χ1v) is 10.7. The van der Waals surface area contributed by atoms with E-state index in [0.29, 0.717) is 0 Å². The Hall–Kier alpha value is -1.57. The highest BCUT2D eigenvalue weighted by Gasteiger charge is 2.51. The zero-order chi connectivity index (χ0) is 21.7. The predicted molar refractivity (Wildman–Crippen MR) is 119 cm³/mol. The van der Waals surface area contributed by atoms with E-state index in [2.05, 4.69) is 62.2 Å². The van der Waals surface area contributed by atoms with Gasteiger partial charge in [-0.15, -0.1) is 0 Å². The molecule has 2 saturated heterocycles. The second-order valence-corrected chi connectivity index (χ2v) is 8.45. The zero-order valence-corrected chi connectivity index (χ0v) is 19.1. The number of nitrogens with one attached hydrogen (secondary N) is 1. The monoisotopic (exact) mass is 404 g/mol. The molecule has 7 heteroatoms. The van der Waals surface area contributed by atoms with Gasteiger partial charge in [-0.05, 0) is 58.1 Å². The summed E-state index contributed by atoms with van der Waals surface area (Å²) in [5.41, 5.74) is 1.53. The van der Waals surface area contributed by atoms with Gasteiger partial charge in [0.2, 0.25) is 5.91 Å². The zero-order valence-electron chi connectivity index (χ0n) is 19.1. The van der Waals surface area contributed by atoms with Crippen molar-refractivity contribution in [3.8, 4) is 0 Å². The molecule has 0 saturated carbocycles. The third-order valence-corrected chi connectivity index (χ3v) is 5.90. The third kappa shape index (κ3) is 5.74. The number of anilines is 1. The Kier molecular flexibility index (Phi) is 8.14. The van der Waals surface area contributed by atoms with E-state index in [0.717, 1.165) is 31.4 Å². The summed E-state index contributed by atoms with van der Waals surface area (Å²) in [6, 6.07) is 8.62. The summed E-state index contributed by atoms with van der Waals surface area (Å²) in [6.07, 6.45) is 1.85. The van der Waals surface area contributed by atoms with Crippen LogP contribution >= 0.6 is 0 Å². The molecular formula is C22H37BN2O4. The van der Waals surface area contributed by atoms with Crippen molar-refractivity contribution >= 4 is 24.2 Å². The van der Waals surface area contributed by atoms with Crippen molar-refractivity contribution in [2.45, 2.75) is 71.6 Å². The largest absolute Gasteiger partial charge is 0.494 e. The van der Waals surface area contributed by atoms with Gasteiger partial charge in [0.15, 0.2) is 0 Å². The van der Waals surface area contributed by atoms with Crippen LogP contribution in [0.15, 0.2) is 24.3 Å². The summed E-state index contributed by atoms with van der Waals surface area (Å²) in [7, 11) is 1.19. The summed E-state index contributed by atoms with van der Waals surface area (Å²) in [4.78, 5) is 14.0. The summed E-state index contributed by atoms with van der Waals surface area (Å²) in [5.74, 6) is -0.0429. The molecule has 0 aliphatic carbocycles. The molecule has 2 fully saturated rings. The molecule has 6 nitrogen and oxygen atoms in total. The van der Waals surface area contributed by atoms with Gasteiger partial charge in [-0.2, -0.15) is 0 Å². The number of benzene rings is 1. The minimum atomic E-state index is -0.346. The van der Waals surface area contributed by atoms with E-state index >= 15 is 0 Å². The lowest BCUT2D eigenvalue weighted by Crippen LogP contribution is -2.46. The van der Waals surface area contributed by atoms with Crippen molar-refractivity contribution in [1.29, 1.82) is 0 Å². The molecule has 1 N–H and O–H groups in total. The number of carbonyl (C=O) groups is 1. The number of piperidine rings is 1. The van der Waals surface area contributed by atoms with Crippen LogP contribution < -0.4 is 15.7 Å². The molecule has 2 aliphatic heterocycles. The maximum atomic E-state index is 11.7. The Bertz CT molecular complexity index is 657. The molecule has 0 unspecified atom stereocenters. The summed E-state index contributed by atoms with van der Waals surface area (Å²) >= 11 is 0. The number of ether oxygens (including phenoxy) is 1. The first-order valence-electron chi connectivity index (χ1n) is 10.7. The molecule has 1 amide bonds. The van der Waals surface area contributed by atoms with Crippen LogP contribution in [0.5, 0.6) is 0 Å². The lowest BCUT2D eigenvalue weighted by atomic mass is 9.79. The maximum absolute atomic E-state index is 11.7. The van der Waals surface area contributed by atoms with Gasteiger partial charge in [-0.1, -0.05) is 26.0 Å². The fourth-order valence-electron chi connectivity index (χ4n) is 3.53. The molecule has 0 atom stereocenters. The predicted octanol–water partition coefficient (Wildman–Crippen LogP) is 2.74. The fourth-order valence-corrected chi connectivity index (χ4v) is 3.53. The molecule has 2 aliphatic rings. The molecular weight excluding hydrogens is 367 g/mol.